The highest BCUT2D eigenvalue weighted by molar-refractivity contribution is 6.33. The molecule has 0 amide bonds. The largest absolute Gasteiger partial charge is 0.256 e. The molecule has 0 bridgehead atoms. The Balaban J connectivity index is 2.34. The van der Waals surface area contributed by atoms with Crippen LogP contribution in [0.5, 0.6) is 0 Å². The minimum absolute atomic E-state index is 0.774. The zero-order valence-electron chi connectivity index (χ0n) is 10.9. The lowest BCUT2D eigenvalue weighted by molar-refractivity contribution is 1.39. The number of nitrogens with zero attached hydrogens (tertiary/aromatic N) is 1. The van der Waals surface area contributed by atoms with Gasteiger partial charge in [0, 0.05) is 27.7 Å². The third-order valence-electron chi connectivity index (χ3n) is 3.40. The quantitative estimate of drug-likeness (QED) is 0.593. The molecule has 0 aliphatic carbocycles. The van der Waals surface area contributed by atoms with Crippen molar-refractivity contribution in [2.24, 2.45) is 0 Å². The summed E-state index contributed by atoms with van der Waals surface area (Å²) in [4.78, 5) is 4.52. The van der Waals surface area contributed by atoms with Gasteiger partial charge in [-0.2, -0.15) is 0 Å². The van der Waals surface area contributed by atoms with Crippen molar-refractivity contribution < 1.29 is 0 Å². The molecule has 0 aliphatic heterocycles. The van der Waals surface area contributed by atoms with Crippen LogP contribution in [-0.2, 0) is 0 Å². The van der Waals surface area contributed by atoms with E-state index in [1.165, 1.54) is 10.9 Å². The van der Waals surface area contributed by atoms with E-state index in [-0.39, 0.29) is 0 Å². The molecule has 0 spiro atoms. The van der Waals surface area contributed by atoms with Crippen LogP contribution in [0, 0.1) is 13.8 Å². The number of fused-ring (bicyclic) bond motifs is 1. The number of hydrogen-bond donors (Lipinski definition) is 0. The second-order valence-electron chi connectivity index (χ2n) is 4.81. The predicted octanol–water partition coefficient (Wildman–Crippen LogP) is 5.17. The number of benzene rings is 2. The molecule has 0 saturated carbocycles. The smallest absolute Gasteiger partial charge is 0.0783 e. The molecular weight excluding hydrogens is 254 g/mol. The molecule has 1 heterocycles. The van der Waals surface area contributed by atoms with Crippen molar-refractivity contribution in [1.82, 2.24) is 4.98 Å². The summed E-state index contributed by atoms with van der Waals surface area (Å²) in [6.45, 7) is 4.14. The molecule has 0 saturated heterocycles. The molecule has 0 N–H and O–H groups in total. The first-order valence-corrected chi connectivity index (χ1v) is 6.65. The summed E-state index contributed by atoms with van der Waals surface area (Å²) < 4.78 is 0. The van der Waals surface area contributed by atoms with E-state index in [0.717, 1.165) is 27.2 Å². The molecule has 0 aliphatic rings. The SMILES string of the molecule is Cc1ccc(-c2ccc(C)c3cccnc23)c(Cl)c1. The molecule has 94 valence electrons. The Morgan fingerprint density at radius 2 is 1.74 bits per heavy atom. The van der Waals surface area contributed by atoms with Gasteiger partial charge in [0.1, 0.15) is 0 Å². The maximum absolute atomic E-state index is 6.38. The number of hydrogen-bond acceptors (Lipinski definition) is 1. The molecular formula is C17H14ClN. The van der Waals surface area contributed by atoms with Gasteiger partial charge in [-0.15, -0.1) is 0 Å². The monoisotopic (exact) mass is 267 g/mol. The summed E-state index contributed by atoms with van der Waals surface area (Å²) in [5.41, 5.74) is 5.53. The zero-order chi connectivity index (χ0) is 13.4. The second-order valence-corrected chi connectivity index (χ2v) is 5.22. The molecule has 3 aromatic rings. The number of aryl methyl sites for hydroxylation is 2. The highest BCUT2D eigenvalue weighted by Gasteiger charge is 2.09. The molecule has 0 atom stereocenters. The highest BCUT2D eigenvalue weighted by Crippen LogP contribution is 2.34. The normalized spacial score (nSPS) is 10.9. The van der Waals surface area contributed by atoms with Gasteiger partial charge in [0.25, 0.3) is 0 Å². The van der Waals surface area contributed by atoms with Crippen molar-refractivity contribution in [2.45, 2.75) is 13.8 Å². The van der Waals surface area contributed by atoms with Crippen molar-refractivity contribution in [3.8, 4) is 11.1 Å². The third-order valence-corrected chi connectivity index (χ3v) is 3.72. The minimum atomic E-state index is 0.774. The van der Waals surface area contributed by atoms with Gasteiger partial charge in [0.05, 0.1) is 5.52 Å². The number of pyridine rings is 1. The van der Waals surface area contributed by atoms with Gasteiger partial charge >= 0.3 is 0 Å². The highest BCUT2D eigenvalue weighted by atomic mass is 35.5. The van der Waals surface area contributed by atoms with Gasteiger partial charge in [-0.3, -0.25) is 4.98 Å². The van der Waals surface area contributed by atoms with Crippen molar-refractivity contribution in [3.63, 3.8) is 0 Å². The maximum Gasteiger partial charge on any atom is 0.0783 e. The van der Waals surface area contributed by atoms with E-state index >= 15 is 0 Å². The van der Waals surface area contributed by atoms with Crippen molar-refractivity contribution in [3.05, 3.63) is 64.8 Å². The summed E-state index contributed by atoms with van der Waals surface area (Å²) in [5, 5.41) is 1.95. The first-order chi connectivity index (χ1) is 9.16. The maximum atomic E-state index is 6.38. The van der Waals surface area contributed by atoms with Gasteiger partial charge < -0.3 is 0 Å². The van der Waals surface area contributed by atoms with E-state index in [2.05, 4.69) is 42.2 Å². The van der Waals surface area contributed by atoms with E-state index in [9.17, 15) is 0 Å². The van der Waals surface area contributed by atoms with Crippen molar-refractivity contribution in [1.29, 1.82) is 0 Å². The topological polar surface area (TPSA) is 12.9 Å². The van der Waals surface area contributed by atoms with Crippen molar-refractivity contribution in [2.75, 3.05) is 0 Å². The molecule has 0 unspecified atom stereocenters. The van der Waals surface area contributed by atoms with E-state index in [1.54, 1.807) is 0 Å². The third kappa shape index (κ3) is 2.11. The number of aromatic nitrogens is 1. The Kier molecular flexibility index (Phi) is 3.00. The average molecular weight is 268 g/mol. The van der Waals surface area contributed by atoms with Gasteiger partial charge in [0.2, 0.25) is 0 Å². The first-order valence-electron chi connectivity index (χ1n) is 6.27. The second kappa shape index (κ2) is 4.67. The lowest BCUT2D eigenvalue weighted by Gasteiger charge is -2.10. The molecule has 1 nitrogen and oxygen atoms in total. The number of halogens is 1. The lowest BCUT2D eigenvalue weighted by atomic mass is 9.98. The first kappa shape index (κ1) is 12.2. The fourth-order valence-corrected chi connectivity index (χ4v) is 2.71. The molecule has 0 fully saturated rings. The van der Waals surface area contributed by atoms with Crippen LogP contribution in [0.15, 0.2) is 48.7 Å². The van der Waals surface area contributed by atoms with Gasteiger partial charge in [-0.1, -0.05) is 41.9 Å². The van der Waals surface area contributed by atoms with Gasteiger partial charge in [-0.25, -0.2) is 0 Å². The van der Waals surface area contributed by atoms with Crippen LogP contribution in [0.2, 0.25) is 5.02 Å². The summed E-state index contributed by atoms with van der Waals surface area (Å²) in [6, 6.07) is 14.4. The Morgan fingerprint density at radius 1 is 0.947 bits per heavy atom. The van der Waals surface area contributed by atoms with Crippen molar-refractivity contribution >= 4 is 22.5 Å². The minimum Gasteiger partial charge on any atom is -0.256 e. The van der Waals surface area contributed by atoms with E-state index in [4.69, 9.17) is 11.6 Å². The zero-order valence-corrected chi connectivity index (χ0v) is 11.7. The molecule has 19 heavy (non-hydrogen) atoms. The van der Waals surface area contributed by atoms with Crippen LogP contribution >= 0.6 is 11.6 Å². The average Bonchev–Trinajstić information content (AvgIpc) is 2.41. The lowest BCUT2D eigenvalue weighted by Crippen LogP contribution is -1.88. The predicted molar refractivity (Wildman–Crippen MR) is 81.7 cm³/mol. The van der Waals surface area contributed by atoms with Crippen LogP contribution in [0.25, 0.3) is 22.0 Å². The fourth-order valence-electron chi connectivity index (χ4n) is 2.37. The standard InChI is InChI=1S/C17H14ClN/c1-11-5-7-14(16(18)10-11)15-8-6-12(2)13-4-3-9-19-17(13)15/h3-10H,1-2H3. The molecule has 0 radical (unpaired) electrons. The van der Waals surface area contributed by atoms with Gasteiger partial charge in [-0.05, 0) is 37.1 Å². The van der Waals surface area contributed by atoms with E-state index in [0.29, 0.717) is 0 Å². The van der Waals surface area contributed by atoms with Crippen LogP contribution in [-0.4, -0.2) is 4.98 Å². The Labute approximate surface area is 117 Å². The fraction of sp³-hybridized carbons (Fsp3) is 0.118. The number of rotatable bonds is 1. The Morgan fingerprint density at radius 3 is 2.53 bits per heavy atom. The summed E-state index contributed by atoms with van der Waals surface area (Å²) in [7, 11) is 0. The van der Waals surface area contributed by atoms with E-state index < -0.39 is 0 Å². The Bertz CT molecular complexity index is 762. The summed E-state index contributed by atoms with van der Waals surface area (Å²) in [6.07, 6.45) is 1.83. The molecule has 2 aromatic carbocycles. The van der Waals surface area contributed by atoms with Crippen LogP contribution in [0.4, 0.5) is 0 Å². The molecule has 1 aromatic heterocycles. The van der Waals surface area contributed by atoms with E-state index in [1.807, 2.05) is 25.3 Å². The molecule has 3 rings (SSSR count). The van der Waals surface area contributed by atoms with Gasteiger partial charge in [0.15, 0.2) is 0 Å². The van der Waals surface area contributed by atoms with Crippen LogP contribution in [0.3, 0.4) is 0 Å². The molecule has 2 heteroatoms. The Hall–Kier alpha value is -1.86. The summed E-state index contributed by atoms with van der Waals surface area (Å²) in [5.74, 6) is 0. The van der Waals surface area contributed by atoms with Crippen LogP contribution < -0.4 is 0 Å². The summed E-state index contributed by atoms with van der Waals surface area (Å²) >= 11 is 6.38. The van der Waals surface area contributed by atoms with Crippen LogP contribution in [0.1, 0.15) is 11.1 Å².